The number of nitrogens with zero attached hydrogens (tertiary/aromatic N) is 2. The third-order valence-electron chi connectivity index (χ3n) is 4.81. The van der Waals surface area contributed by atoms with Crippen molar-refractivity contribution in [1.82, 2.24) is 15.1 Å². The topological polar surface area (TPSA) is 90.3 Å². The zero-order chi connectivity index (χ0) is 20.4. The molecule has 1 saturated carbocycles. The Hall–Kier alpha value is -3.48. The van der Waals surface area contributed by atoms with Gasteiger partial charge in [-0.1, -0.05) is 48.5 Å². The summed E-state index contributed by atoms with van der Waals surface area (Å²) in [6.45, 7) is 1.75. The number of hydrogen-bond acceptors (Lipinski definition) is 5. The van der Waals surface area contributed by atoms with Gasteiger partial charge in [-0.25, -0.2) is 9.48 Å². The van der Waals surface area contributed by atoms with Crippen molar-refractivity contribution >= 4 is 22.6 Å². The van der Waals surface area contributed by atoms with Gasteiger partial charge in [-0.05, 0) is 31.4 Å². The minimum atomic E-state index is -0.946. The molecule has 7 heteroatoms. The molecule has 0 spiro atoms. The molecule has 0 unspecified atom stereocenters. The largest absolute Gasteiger partial charge is 0.448 e. The first-order valence-electron chi connectivity index (χ1n) is 9.58. The smallest absolute Gasteiger partial charge is 0.360 e. The maximum atomic E-state index is 12.9. The van der Waals surface area contributed by atoms with Gasteiger partial charge in [-0.2, -0.15) is 5.10 Å². The molecule has 29 heavy (non-hydrogen) atoms. The highest BCUT2D eigenvalue weighted by atomic mass is 16.5. The molecule has 148 valence electrons. The Morgan fingerprint density at radius 1 is 1.10 bits per heavy atom. The fraction of sp³-hybridized carbons (Fsp3) is 0.273. The van der Waals surface area contributed by atoms with Crippen LogP contribution < -0.4 is 10.9 Å². The van der Waals surface area contributed by atoms with Gasteiger partial charge in [0.15, 0.2) is 11.8 Å². The van der Waals surface area contributed by atoms with E-state index in [0.717, 1.165) is 18.4 Å². The molecule has 4 rings (SSSR count). The van der Waals surface area contributed by atoms with E-state index in [1.54, 1.807) is 24.3 Å². The molecule has 1 atom stereocenters. The Labute approximate surface area is 167 Å². The van der Waals surface area contributed by atoms with Crippen molar-refractivity contribution in [3.8, 4) is 0 Å². The number of rotatable bonds is 6. The molecule has 1 N–H and O–H groups in total. The lowest BCUT2D eigenvalue weighted by molar-refractivity contribution is -0.129. The number of nitrogens with one attached hydrogen (secondary N) is 1. The normalized spacial score (nSPS) is 14.4. The average Bonchev–Trinajstić information content (AvgIpc) is 3.54. The van der Waals surface area contributed by atoms with Crippen LogP contribution in [-0.2, 0) is 16.1 Å². The van der Waals surface area contributed by atoms with Crippen molar-refractivity contribution < 1.29 is 14.3 Å². The van der Waals surface area contributed by atoms with E-state index in [-0.39, 0.29) is 29.7 Å². The van der Waals surface area contributed by atoms with Crippen LogP contribution in [0.3, 0.4) is 0 Å². The van der Waals surface area contributed by atoms with Crippen LogP contribution in [0, 0.1) is 0 Å². The molecule has 1 aromatic heterocycles. The molecule has 1 fully saturated rings. The van der Waals surface area contributed by atoms with Gasteiger partial charge in [0, 0.05) is 11.4 Å². The summed E-state index contributed by atoms with van der Waals surface area (Å²) in [4.78, 5) is 37.8. The first-order valence-corrected chi connectivity index (χ1v) is 9.58. The van der Waals surface area contributed by atoms with Crippen molar-refractivity contribution in [3.63, 3.8) is 0 Å². The van der Waals surface area contributed by atoms with E-state index in [1.807, 2.05) is 30.3 Å². The van der Waals surface area contributed by atoms with Crippen molar-refractivity contribution in [3.05, 3.63) is 76.2 Å². The molecule has 1 aliphatic carbocycles. The van der Waals surface area contributed by atoms with Crippen LogP contribution in [0.25, 0.3) is 10.8 Å². The van der Waals surface area contributed by atoms with Gasteiger partial charge in [0.05, 0.1) is 11.9 Å². The molecular weight excluding hydrogens is 370 g/mol. The maximum absolute atomic E-state index is 12.9. The third-order valence-corrected chi connectivity index (χ3v) is 4.81. The highest BCUT2D eigenvalue weighted by Crippen LogP contribution is 2.19. The quantitative estimate of drug-likeness (QED) is 0.651. The standard InChI is InChI=1S/C22H21N3O4/c1-14(20(26)23-16-11-12-16)29-22(28)19-17-9-5-6-10-18(17)21(27)25(24-19)13-15-7-3-2-4-8-15/h2-10,14,16H,11-13H2,1H3,(H,23,26)/t14-/m1/s1. The lowest BCUT2D eigenvalue weighted by Crippen LogP contribution is -2.37. The van der Waals surface area contributed by atoms with Crippen molar-refractivity contribution in [2.24, 2.45) is 0 Å². The van der Waals surface area contributed by atoms with E-state index in [2.05, 4.69) is 10.4 Å². The number of carbonyl (C=O) groups is 2. The van der Waals surface area contributed by atoms with Gasteiger partial charge >= 0.3 is 5.97 Å². The number of fused-ring (bicyclic) bond motifs is 1. The number of aromatic nitrogens is 2. The number of amides is 1. The second kappa shape index (κ2) is 7.87. The lowest BCUT2D eigenvalue weighted by Gasteiger charge is -2.15. The summed E-state index contributed by atoms with van der Waals surface area (Å²) in [5.41, 5.74) is 0.608. The Kier molecular flexibility index (Phi) is 5.12. The third kappa shape index (κ3) is 4.18. The summed E-state index contributed by atoms with van der Waals surface area (Å²) < 4.78 is 6.60. The summed E-state index contributed by atoms with van der Waals surface area (Å²) in [5.74, 6) is -1.07. The van der Waals surface area contributed by atoms with Crippen molar-refractivity contribution in [1.29, 1.82) is 0 Å². The molecule has 0 aliphatic heterocycles. The van der Waals surface area contributed by atoms with E-state index < -0.39 is 12.1 Å². The molecule has 0 bridgehead atoms. The minimum Gasteiger partial charge on any atom is -0.448 e. The van der Waals surface area contributed by atoms with Crippen LogP contribution in [0.2, 0.25) is 0 Å². The van der Waals surface area contributed by atoms with E-state index in [9.17, 15) is 14.4 Å². The Morgan fingerprint density at radius 3 is 2.45 bits per heavy atom. The van der Waals surface area contributed by atoms with Crippen LogP contribution in [0.15, 0.2) is 59.4 Å². The predicted molar refractivity (Wildman–Crippen MR) is 108 cm³/mol. The summed E-state index contributed by atoms with van der Waals surface area (Å²) >= 11 is 0. The van der Waals surface area contributed by atoms with Crippen LogP contribution in [0.4, 0.5) is 0 Å². The summed E-state index contributed by atoms with van der Waals surface area (Å²) in [6, 6.07) is 16.3. The molecule has 2 aromatic carbocycles. The highest BCUT2D eigenvalue weighted by molar-refractivity contribution is 6.02. The van der Waals surface area contributed by atoms with Crippen LogP contribution in [0.1, 0.15) is 35.8 Å². The number of benzene rings is 2. The Balaban J connectivity index is 1.66. The second-order valence-electron chi connectivity index (χ2n) is 7.17. The van der Waals surface area contributed by atoms with Gasteiger partial charge in [-0.15, -0.1) is 0 Å². The highest BCUT2D eigenvalue weighted by Gasteiger charge is 2.28. The summed E-state index contributed by atoms with van der Waals surface area (Å²) in [7, 11) is 0. The van der Waals surface area contributed by atoms with Crippen molar-refractivity contribution in [2.75, 3.05) is 0 Å². The first-order chi connectivity index (χ1) is 14.0. The van der Waals surface area contributed by atoms with E-state index in [0.29, 0.717) is 10.8 Å². The molecule has 1 heterocycles. The zero-order valence-corrected chi connectivity index (χ0v) is 16.0. The van der Waals surface area contributed by atoms with Gasteiger partial charge in [0.1, 0.15) is 0 Å². The van der Waals surface area contributed by atoms with Crippen LogP contribution in [0.5, 0.6) is 0 Å². The molecule has 0 radical (unpaired) electrons. The van der Waals surface area contributed by atoms with E-state index in [4.69, 9.17) is 4.74 Å². The Morgan fingerprint density at radius 2 is 1.76 bits per heavy atom. The van der Waals surface area contributed by atoms with E-state index in [1.165, 1.54) is 11.6 Å². The van der Waals surface area contributed by atoms with Crippen LogP contribution >= 0.6 is 0 Å². The van der Waals surface area contributed by atoms with Gasteiger partial charge < -0.3 is 10.1 Å². The first kappa shape index (κ1) is 18.9. The fourth-order valence-corrected chi connectivity index (χ4v) is 3.07. The predicted octanol–water partition coefficient (Wildman–Crippen LogP) is 2.27. The second-order valence-corrected chi connectivity index (χ2v) is 7.17. The molecule has 7 nitrogen and oxygen atoms in total. The maximum Gasteiger partial charge on any atom is 0.360 e. The molecule has 1 aliphatic rings. The molecule has 0 saturated heterocycles. The van der Waals surface area contributed by atoms with Crippen molar-refractivity contribution in [2.45, 2.75) is 38.5 Å². The van der Waals surface area contributed by atoms with Gasteiger partial charge in [-0.3, -0.25) is 9.59 Å². The van der Waals surface area contributed by atoms with Gasteiger partial charge in [0.2, 0.25) is 0 Å². The SMILES string of the molecule is C[C@@H](OC(=O)c1nn(Cc2ccccc2)c(=O)c2ccccc12)C(=O)NC1CC1. The molecular formula is C22H21N3O4. The monoisotopic (exact) mass is 391 g/mol. The number of carbonyl (C=O) groups excluding carboxylic acids is 2. The summed E-state index contributed by atoms with van der Waals surface area (Å²) in [6.07, 6.45) is 0.949. The minimum absolute atomic E-state index is 0.0159. The zero-order valence-electron chi connectivity index (χ0n) is 16.0. The van der Waals surface area contributed by atoms with Crippen LogP contribution in [-0.4, -0.2) is 33.8 Å². The van der Waals surface area contributed by atoms with E-state index >= 15 is 0 Å². The molecule has 1 amide bonds. The number of ether oxygens (including phenoxy) is 1. The number of hydrogen-bond donors (Lipinski definition) is 1. The van der Waals surface area contributed by atoms with Gasteiger partial charge in [0.25, 0.3) is 11.5 Å². The Bertz CT molecular complexity index is 1120. The lowest BCUT2D eigenvalue weighted by atomic mass is 10.1. The average molecular weight is 391 g/mol. The summed E-state index contributed by atoms with van der Waals surface area (Å²) in [5, 5.41) is 7.87. The molecule has 3 aromatic rings. The fourth-order valence-electron chi connectivity index (χ4n) is 3.07. The number of esters is 1.